The predicted octanol–water partition coefficient (Wildman–Crippen LogP) is 2.37. The smallest absolute Gasteiger partial charge is 0.203 e. The highest BCUT2D eigenvalue weighted by atomic mass is 31.1. The molecule has 6 nitrogen and oxygen atoms in total. The van der Waals surface area contributed by atoms with E-state index in [0.29, 0.717) is 34.5 Å². The summed E-state index contributed by atoms with van der Waals surface area (Å²) in [6.45, 7) is 0. The number of rotatable bonds is 8. The number of methoxy groups -OCH3 is 6. The number of hydrogen-bond donors (Lipinski definition) is 0. The topological polar surface area (TPSA) is 55.4 Å². The molecular weight excluding hydrogens is 343 g/mol. The van der Waals surface area contributed by atoms with Gasteiger partial charge in [-0.05, 0) is 24.3 Å². The molecule has 2 aromatic rings. The average molecular weight is 366 g/mol. The summed E-state index contributed by atoms with van der Waals surface area (Å²) < 4.78 is 32.7. The zero-order valence-electron chi connectivity index (χ0n) is 15.3. The highest BCUT2D eigenvalue weighted by Gasteiger charge is 2.20. The molecule has 0 radical (unpaired) electrons. The van der Waals surface area contributed by atoms with Crippen molar-refractivity contribution in [1.82, 2.24) is 0 Å². The lowest BCUT2D eigenvalue weighted by molar-refractivity contribution is 0.326. The second kappa shape index (κ2) is 8.67. The maximum absolute atomic E-state index is 5.56. The van der Waals surface area contributed by atoms with Crippen LogP contribution in [0.25, 0.3) is 0 Å². The van der Waals surface area contributed by atoms with Crippen LogP contribution in [-0.2, 0) is 0 Å². The Labute approximate surface area is 149 Å². The highest BCUT2D eigenvalue weighted by molar-refractivity contribution is 7.56. The van der Waals surface area contributed by atoms with E-state index >= 15 is 0 Å². The second-order valence-electron chi connectivity index (χ2n) is 4.89. The van der Waals surface area contributed by atoms with Crippen molar-refractivity contribution in [3.05, 3.63) is 24.3 Å². The summed E-state index contributed by atoms with van der Waals surface area (Å²) in [5.41, 5.74) is 0. The van der Waals surface area contributed by atoms with Gasteiger partial charge in [0, 0.05) is 10.6 Å². The summed E-state index contributed by atoms with van der Waals surface area (Å²) in [5.74, 6) is 3.64. The van der Waals surface area contributed by atoms with Crippen LogP contribution in [0.3, 0.4) is 0 Å². The predicted molar refractivity (Wildman–Crippen MR) is 99.8 cm³/mol. The Morgan fingerprint density at radius 1 is 0.480 bits per heavy atom. The molecule has 0 bridgehead atoms. The van der Waals surface area contributed by atoms with Crippen molar-refractivity contribution >= 4 is 19.2 Å². The molecular formula is C18H23O6P. The fourth-order valence-electron chi connectivity index (χ4n) is 2.54. The van der Waals surface area contributed by atoms with E-state index in [0.717, 1.165) is 10.6 Å². The molecule has 7 heteroatoms. The van der Waals surface area contributed by atoms with E-state index in [1.54, 1.807) is 42.7 Å². The molecule has 0 aliphatic heterocycles. The number of benzene rings is 2. The van der Waals surface area contributed by atoms with Crippen molar-refractivity contribution in [2.24, 2.45) is 0 Å². The molecule has 0 unspecified atom stereocenters. The van der Waals surface area contributed by atoms with Gasteiger partial charge in [0.15, 0.2) is 23.0 Å². The Hall–Kier alpha value is -2.33. The molecule has 25 heavy (non-hydrogen) atoms. The van der Waals surface area contributed by atoms with Gasteiger partial charge in [0.2, 0.25) is 11.5 Å². The minimum Gasteiger partial charge on any atom is -0.493 e. The Morgan fingerprint density at radius 3 is 1.12 bits per heavy atom. The first-order chi connectivity index (χ1) is 12.1. The van der Waals surface area contributed by atoms with E-state index in [1.807, 2.05) is 24.3 Å². The van der Waals surface area contributed by atoms with Crippen LogP contribution in [0, 0.1) is 0 Å². The molecule has 0 heterocycles. The molecule has 0 aliphatic carbocycles. The van der Waals surface area contributed by atoms with Gasteiger partial charge in [-0.1, -0.05) is 8.58 Å². The van der Waals surface area contributed by atoms with Gasteiger partial charge in [-0.2, -0.15) is 0 Å². The molecule has 136 valence electrons. The first-order valence-corrected chi connectivity index (χ1v) is 8.50. The zero-order valence-corrected chi connectivity index (χ0v) is 16.3. The average Bonchev–Trinajstić information content (AvgIpc) is 2.66. The summed E-state index contributed by atoms with van der Waals surface area (Å²) in [6, 6.07) is 7.62. The van der Waals surface area contributed by atoms with Gasteiger partial charge in [-0.3, -0.25) is 0 Å². The van der Waals surface area contributed by atoms with Gasteiger partial charge >= 0.3 is 0 Å². The van der Waals surface area contributed by atoms with Crippen LogP contribution < -0.4 is 39.0 Å². The second-order valence-corrected chi connectivity index (χ2v) is 6.22. The molecule has 0 saturated heterocycles. The summed E-state index contributed by atoms with van der Waals surface area (Å²) in [5, 5.41) is 1.93. The molecule has 2 aromatic carbocycles. The monoisotopic (exact) mass is 366 g/mol. The fourth-order valence-corrected chi connectivity index (χ4v) is 3.83. The molecule has 0 fully saturated rings. The highest BCUT2D eigenvalue weighted by Crippen LogP contribution is 2.41. The standard InChI is InChI=1S/C18H23O6P/c1-19-11-7-9-13(17(23-5)15(11)21-3)25-14-10-8-12(20-2)16(22-4)18(14)24-6/h7-10,25H,1-6H3. The van der Waals surface area contributed by atoms with E-state index in [9.17, 15) is 0 Å². The maximum atomic E-state index is 5.56. The van der Waals surface area contributed by atoms with Gasteiger partial charge in [-0.15, -0.1) is 0 Å². The summed E-state index contributed by atoms with van der Waals surface area (Å²) >= 11 is 0. The lowest BCUT2D eigenvalue weighted by Crippen LogP contribution is -2.12. The zero-order chi connectivity index (χ0) is 18.4. The lowest BCUT2D eigenvalue weighted by Gasteiger charge is -2.18. The summed E-state index contributed by atoms with van der Waals surface area (Å²) in [7, 11) is 9.84. The van der Waals surface area contributed by atoms with Crippen molar-refractivity contribution in [3.8, 4) is 34.5 Å². The first kappa shape index (κ1) is 19.0. The van der Waals surface area contributed by atoms with Crippen molar-refractivity contribution in [2.45, 2.75) is 0 Å². The number of hydrogen-bond acceptors (Lipinski definition) is 6. The van der Waals surface area contributed by atoms with E-state index in [4.69, 9.17) is 28.4 Å². The minimum absolute atomic E-state index is 0.261. The fraction of sp³-hybridized carbons (Fsp3) is 0.333. The molecule has 0 aliphatic rings. The molecule has 0 aromatic heterocycles. The Morgan fingerprint density at radius 2 is 0.840 bits per heavy atom. The van der Waals surface area contributed by atoms with Gasteiger partial charge in [-0.25, -0.2) is 0 Å². The third kappa shape index (κ3) is 3.69. The Kier molecular flexibility index (Phi) is 6.59. The minimum atomic E-state index is 0.261. The lowest BCUT2D eigenvalue weighted by atomic mass is 10.3. The summed E-state index contributed by atoms with van der Waals surface area (Å²) in [4.78, 5) is 0. The molecule has 0 amide bonds. The number of ether oxygens (including phenoxy) is 6. The first-order valence-electron chi connectivity index (χ1n) is 7.50. The van der Waals surface area contributed by atoms with E-state index in [2.05, 4.69) is 0 Å². The van der Waals surface area contributed by atoms with Crippen LogP contribution in [-0.4, -0.2) is 42.7 Å². The van der Waals surface area contributed by atoms with Crippen LogP contribution >= 0.6 is 8.58 Å². The van der Waals surface area contributed by atoms with E-state index in [1.165, 1.54) is 0 Å². The normalized spacial score (nSPS) is 10.2. The van der Waals surface area contributed by atoms with Crippen molar-refractivity contribution in [1.29, 1.82) is 0 Å². The van der Waals surface area contributed by atoms with Crippen molar-refractivity contribution in [2.75, 3.05) is 42.7 Å². The molecule has 2 rings (SSSR count). The Balaban J connectivity index is 2.53. The molecule has 0 N–H and O–H groups in total. The maximum Gasteiger partial charge on any atom is 0.203 e. The van der Waals surface area contributed by atoms with Crippen LogP contribution in [0.15, 0.2) is 24.3 Å². The quantitative estimate of drug-likeness (QED) is 0.669. The van der Waals surface area contributed by atoms with Gasteiger partial charge < -0.3 is 28.4 Å². The van der Waals surface area contributed by atoms with E-state index in [-0.39, 0.29) is 8.58 Å². The van der Waals surface area contributed by atoms with E-state index < -0.39 is 0 Å². The molecule has 0 atom stereocenters. The molecule has 0 saturated carbocycles. The summed E-state index contributed by atoms with van der Waals surface area (Å²) in [6.07, 6.45) is 0. The van der Waals surface area contributed by atoms with Gasteiger partial charge in [0.25, 0.3) is 0 Å². The third-order valence-electron chi connectivity index (χ3n) is 3.68. The SMILES string of the molecule is COc1ccc(Pc2ccc(OC)c(OC)c2OC)c(OC)c1OC. The van der Waals surface area contributed by atoms with Crippen molar-refractivity contribution < 1.29 is 28.4 Å². The van der Waals surface area contributed by atoms with Crippen LogP contribution in [0.1, 0.15) is 0 Å². The van der Waals surface area contributed by atoms with Crippen LogP contribution in [0.5, 0.6) is 34.5 Å². The Bertz CT molecular complexity index is 670. The van der Waals surface area contributed by atoms with Crippen LogP contribution in [0.4, 0.5) is 0 Å². The third-order valence-corrected chi connectivity index (χ3v) is 5.00. The van der Waals surface area contributed by atoms with Crippen molar-refractivity contribution in [3.63, 3.8) is 0 Å². The van der Waals surface area contributed by atoms with Gasteiger partial charge in [0.1, 0.15) is 0 Å². The van der Waals surface area contributed by atoms with Gasteiger partial charge in [0.05, 0.1) is 42.7 Å². The van der Waals surface area contributed by atoms with Crippen LogP contribution in [0.2, 0.25) is 0 Å². The molecule has 0 spiro atoms. The largest absolute Gasteiger partial charge is 0.493 e.